The van der Waals surface area contributed by atoms with Crippen molar-refractivity contribution in [1.29, 1.82) is 0 Å². The number of benzene rings is 2. The van der Waals surface area contributed by atoms with Gasteiger partial charge in [0.2, 0.25) is 11.8 Å². The Kier molecular flexibility index (Phi) is 6.04. The average molecular weight is 361 g/mol. The fourth-order valence-corrected chi connectivity index (χ4v) is 2.68. The van der Waals surface area contributed by atoms with Crippen LogP contribution in [0.25, 0.3) is 0 Å². The number of carbonyl (C=O) groups is 2. The molecule has 0 saturated carbocycles. The summed E-state index contributed by atoms with van der Waals surface area (Å²) >= 11 is 5.98. The third kappa shape index (κ3) is 4.51. The number of hydrogen-bond acceptors (Lipinski definition) is 3. The summed E-state index contributed by atoms with van der Waals surface area (Å²) in [6, 6.07) is 10.6. The molecule has 0 saturated heterocycles. The second-order valence-electron chi connectivity index (χ2n) is 5.72. The summed E-state index contributed by atoms with van der Waals surface area (Å²) in [5.41, 5.74) is 3.21. The van der Waals surface area contributed by atoms with Crippen LogP contribution in [-0.2, 0) is 9.59 Å². The SMILES string of the molecule is COc1ccc(Cl)cc1NC(=O)CN(C(C)=O)c1cccc(C)c1C. The van der Waals surface area contributed by atoms with Crippen LogP contribution in [0.5, 0.6) is 5.75 Å². The summed E-state index contributed by atoms with van der Waals surface area (Å²) in [5, 5.41) is 3.23. The van der Waals surface area contributed by atoms with Crippen molar-refractivity contribution in [2.75, 3.05) is 23.9 Å². The van der Waals surface area contributed by atoms with Crippen LogP contribution in [-0.4, -0.2) is 25.5 Å². The lowest BCUT2D eigenvalue weighted by atomic mass is 10.1. The van der Waals surface area contributed by atoms with E-state index >= 15 is 0 Å². The molecule has 0 heterocycles. The quantitative estimate of drug-likeness (QED) is 0.878. The monoisotopic (exact) mass is 360 g/mol. The molecule has 132 valence electrons. The maximum atomic E-state index is 12.5. The molecule has 0 unspecified atom stereocenters. The second kappa shape index (κ2) is 8.03. The van der Waals surface area contributed by atoms with Crippen molar-refractivity contribution in [3.63, 3.8) is 0 Å². The van der Waals surface area contributed by atoms with Crippen molar-refractivity contribution in [1.82, 2.24) is 0 Å². The zero-order chi connectivity index (χ0) is 18.6. The molecule has 6 heteroatoms. The van der Waals surface area contributed by atoms with Crippen molar-refractivity contribution < 1.29 is 14.3 Å². The van der Waals surface area contributed by atoms with Crippen LogP contribution in [0.1, 0.15) is 18.1 Å². The first-order valence-corrected chi connectivity index (χ1v) is 8.19. The first-order valence-electron chi connectivity index (χ1n) is 7.81. The van der Waals surface area contributed by atoms with E-state index in [-0.39, 0.29) is 18.4 Å². The van der Waals surface area contributed by atoms with Crippen LogP contribution < -0.4 is 15.0 Å². The Labute approximate surface area is 152 Å². The minimum absolute atomic E-state index is 0.102. The van der Waals surface area contributed by atoms with Crippen LogP contribution >= 0.6 is 11.6 Å². The molecule has 0 aliphatic heterocycles. The van der Waals surface area contributed by atoms with Gasteiger partial charge in [0.1, 0.15) is 12.3 Å². The van der Waals surface area contributed by atoms with Gasteiger partial charge in [0.05, 0.1) is 12.8 Å². The lowest BCUT2D eigenvalue weighted by molar-refractivity contribution is -0.120. The molecule has 0 atom stereocenters. The van der Waals surface area contributed by atoms with Crippen molar-refractivity contribution in [3.8, 4) is 5.75 Å². The third-order valence-corrected chi connectivity index (χ3v) is 4.22. The Balaban J connectivity index is 2.23. The van der Waals surface area contributed by atoms with Crippen LogP contribution in [0.3, 0.4) is 0 Å². The molecule has 2 aromatic carbocycles. The number of ether oxygens (including phenoxy) is 1. The number of rotatable bonds is 5. The first kappa shape index (κ1) is 18.8. The van der Waals surface area contributed by atoms with E-state index in [2.05, 4.69) is 5.32 Å². The highest BCUT2D eigenvalue weighted by molar-refractivity contribution is 6.31. The van der Waals surface area contributed by atoms with Crippen LogP contribution in [0.2, 0.25) is 5.02 Å². The predicted molar refractivity (Wildman–Crippen MR) is 101 cm³/mol. The highest BCUT2D eigenvalue weighted by Crippen LogP contribution is 2.28. The maximum Gasteiger partial charge on any atom is 0.244 e. The van der Waals surface area contributed by atoms with Crippen LogP contribution in [0.4, 0.5) is 11.4 Å². The zero-order valence-electron chi connectivity index (χ0n) is 14.7. The Morgan fingerprint density at radius 1 is 1.20 bits per heavy atom. The van der Waals surface area contributed by atoms with E-state index in [1.807, 2.05) is 32.0 Å². The molecule has 5 nitrogen and oxygen atoms in total. The maximum absolute atomic E-state index is 12.5. The number of methoxy groups -OCH3 is 1. The number of carbonyl (C=O) groups excluding carboxylic acids is 2. The molecule has 0 aliphatic rings. The van der Waals surface area contributed by atoms with Gasteiger partial charge in [-0.05, 0) is 49.2 Å². The fraction of sp³-hybridized carbons (Fsp3) is 0.263. The van der Waals surface area contributed by atoms with E-state index in [4.69, 9.17) is 16.3 Å². The molecule has 2 amide bonds. The molecular weight excluding hydrogens is 340 g/mol. The van der Waals surface area contributed by atoms with Gasteiger partial charge >= 0.3 is 0 Å². The molecular formula is C19H21ClN2O3. The summed E-state index contributed by atoms with van der Waals surface area (Å²) in [6.07, 6.45) is 0. The predicted octanol–water partition coefficient (Wildman–Crippen LogP) is 3.96. The molecule has 2 aromatic rings. The topological polar surface area (TPSA) is 58.6 Å². The summed E-state index contributed by atoms with van der Waals surface area (Å²) < 4.78 is 5.22. The van der Waals surface area contributed by atoms with Crippen molar-refractivity contribution in [2.45, 2.75) is 20.8 Å². The molecule has 25 heavy (non-hydrogen) atoms. The Hall–Kier alpha value is -2.53. The molecule has 0 bridgehead atoms. The summed E-state index contributed by atoms with van der Waals surface area (Å²) in [7, 11) is 1.51. The number of halogens is 1. The molecule has 0 aliphatic carbocycles. The van der Waals surface area contributed by atoms with Crippen molar-refractivity contribution >= 4 is 34.8 Å². The van der Waals surface area contributed by atoms with E-state index < -0.39 is 0 Å². The summed E-state index contributed by atoms with van der Waals surface area (Å²) in [4.78, 5) is 26.0. The number of nitrogens with zero attached hydrogens (tertiary/aromatic N) is 1. The number of nitrogens with one attached hydrogen (secondary N) is 1. The van der Waals surface area contributed by atoms with E-state index in [0.717, 1.165) is 16.8 Å². The highest BCUT2D eigenvalue weighted by Gasteiger charge is 2.19. The van der Waals surface area contributed by atoms with Gasteiger partial charge in [-0.3, -0.25) is 9.59 Å². The Bertz CT molecular complexity index is 805. The van der Waals surface area contributed by atoms with Gasteiger partial charge in [-0.2, -0.15) is 0 Å². The van der Waals surface area contributed by atoms with E-state index in [1.165, 1.54) is 18.9 Å². The number of aryl methyl sites for hydroxylation is 1. The van der Waals surface area contributed by atoms with Gasteiger partial charge < -0.3 is 15.0 Å². The number of amides is 2. The lowest BCUT2D eigenvalue weighted by Crippen LogP contribution is -2.37. The summed E-state index contributed by atoms with van der Waals surface area (Å²) in [5.74, 6) is -0.0440. The highest BCUT2D eigenvalue weighted by atomic mass is 35.5. The average Bonchev–Trinajstić information content (AvgIpc) is 2.55. The minimum Gasteiger partial charge on any atom is -0.495 e. The molecule has 0 fully saturated rings. The lowest BCUT2D eigenvalue weighted by Gasteiger charge is -2.23. The largest absolute Gasteiger partial charge is 0.495 e. The third-order valence-electron chi connectivity index (χ3n) is 3.98. The van der Waals surface area contributed by atoms with E-state index in [9.17, 15) is 9.59 Å². The van der Waals surface area contributed by atoms with Crippen LogP contribution in [0.15, 0.2) is 36.4 Å². The van der Waals surface area contributed by atoms with Gasteiger partial charge in [-0.15, -0.1) is 0 Å². The standard InChI is InChI=1S/C19H21ClN2O3/c1-12-6-5-7-17(13(12)2)22(14(3)23)11-19(24)21-16-10-15(20)8-9-18(16)25-4/h5-10H,11H2,1-4H3,(H,21,24). The van der Waals surface area contributed by atoms with Gasteiger partial charge in [0.15, 0.2) is 0 Å². The fourth-order valence-electron chi connectivity index (χ4n) is 2.51. The number of anilines is 2. The van der Waals surface area contributed by atoms with Gasteiger partial charge in [0.25, 0.3) is 0 Å². The normalized spacial score (nSPS) is 10.3. The minimum atomic E-state index is -0.336. The molecule has 1 N–H and O–H groups in total. The smallest absolute Gasteiger partial charge is 0.244 e. The summed E-state index contributed by atoms with van der Waals surface area (Å²) in [6.45, 7) is 5.23. The van der Waals surface area contributed by atoms with Gasteiger partial charge in [-0.25, -0.2) is 0 Å². The molecule has 0 radical (unpaired) electrons. The van der Waals surface area contributed by atoms with Crippen molar-refractivity contribution in [2.24, 2.45) is 0 Å². The Morgan fingerprint density at radius 2 is 1.92 bits per heavy atom. The molecule has 0 aromatic heterocycles. The molecule has 0 spiro atoms. The van der Waals surface area contributed by atoms with E-state index in [0.29, 0.717) is 16.5 Å². The Morgan fingerprint density at radius 3 is 2.56 bits per heavy atom. The second-order valence-corrected chi connectivity index (χ2v) is 6.15. The molecule has 2 rings (SSSR count). The van der Waals surface area contributed by atoms with E-state index in [1.54, 1.807) is 18.2 Å². The van der Waals surface area contributed by atoms with Gasteiger partial charge in [-0.1, -0.05) is 23.7 Å². The van der Waals surface area contributed by atoms with Crippen molar-refractivity contribution in [3.05, 3.63) is 52.5 Å². The van der Waals surface area contributed by atoms with Crippen LogP contribution in [0, 0.1) is 13.8 Å². The van der Waals surface area contributed by atoms with Gasteiger partial charge in [0, 0.05) is 17.6 Å². The number of hydrogen-bond donors (Lipinski definition) is 1. The zero-order valence-corrected chi connectivity index (χ0v) is 15.5. The first-order chi connectivity index (χ1) is 11.8.